The fourth-order valence-electron chi connectivity index (χ4n) is 2.25. The van der Waals surface area contributed by atoms with E-state index in [9.17, 15) is 4.39 Å². The smallest absolute Gasteiger partial charge is 0.147 e. The van der Waals surface area contributed by atoms with Crippen LogP contribution in [0.3, 0.4) is 0 Å². The van der Waals surface area contributed by atoms with Crippen molar-refractivity contribution < 1.29 is 4.39 Å². The van der Waals surface area contributed by atoms with Crippen LogP contribution >= 0.6 is 15.9 Å². The molecule has 0 unspecified atom stereocenters. The Balaban J connectivity index is 2.25. The molecule has 2 rings (SSSR count). The van der Waals surface area contributed by atoms with Crippen molar-refractivity contribution in [2.45, 2.75) is 25.8 Å². The predicted octanol–water partition coefficient (Wildman–Crippen LogP) is 3.17. The van der Waals surface area contributed by atoms with Gasteiger partial charge in [0, 0.05) is 23.1 Å². The molecule has 2 nitrogen and oxygen atoms in total. The van der Waals surface area contributed by atoms with Crippen LogP contribution in [0.25, 0.3) is 0 Å². The largest absolute Gasteiger partial charge is 0.367 e. The van der Waals surface area contributed by atoms with Gasteiger partial charge in [0.2, 0.25) is 0 Å². The number of hydrogen-bond acceptors (Lipinski definition) is 2. The van der Waals surface area contributed by atoms with Gasteiger partial charge in [0.05, 0.1) is 5.69 Å². The van der Waals surface area contributed by atoms with Gasteiger partial charge in [-0.15, -0.1) is 0 Å². The minimum atomic E-state index is -0.155. The molecule has 1 aliphatic rings. The third-order valence-corrected chi connectivity index (χ3v) is 3.54. The van der Waals surface area contributed by atoms with E-state index in [0.29, 0.717) is 5.69 Å². The fourth-order valence-corrected chi connectivity index (χ4v) is 2.59. The first-order valence-electron chi connectivity index (χ1n) is 5.93. The number of nitrogens with one attached hydrogen (secondary N) is 1. The first-order chi connectivity index (χ1) is 7.98. The summed E-state index contributed by atoms with van der Waals surface area (Å²) in [5.41, 5.74) is 0.723. The number of anilines is 1. The quantitative estimate of drug-likeness (QED) is 0.857. The summed E-state index contributed by atoms with van der Waals surface area (Å²) < 4.78 is 14.7. The summed E-state index contributed by atoms with van der Waals surface area (Å²) in [5.74, 6) is -0.155. The zero-order chi connectivity index (χ0) is 12.5. The third kappa shape index (κ3) is 3.19. The van der Waals surface area contributed by atoms with Crippen LogP contribution in [-0.4, -0.2) is 25.2 Å². The molecule has 94 valence electrons. The van der Waals surface area contributed by atoms with E-state index in [1.165, 1.54) is 6.07 Å². The summed E-state index contributed by atoms with van der Waals surface area (Å²) in [6.45, 7) is 7.02. The minimum Gasteiger partial charge on any atom is -0.367 e. The van der Waals surface area contributed by atoms with Crippen LogP contribution in [0.2, 0.25) is 0 Å². The average Bonchev–Trinajstić information content (AvgIpc) is 2.39. The molecule has 0 atom stereocenters. The number of nitrogens with zero attached hydrogens (tertiary/aromatic N) is 1. The Labute approximate surface area is 110 Å². The molecule has 1 N–H and O–H groups in total. The van der Waals surface area contributed by atoms with Gasteiger partial charge >= 0.3 is 0 Å². The lowest BCUT2D eigenvalue weighted by molar-refractivity contribution is 0.415. The van der Waals surface area contributed by atoms with E-state index in [1.54, 1.807) is 0 Å². The van der Waals surface area contributed by atoms with Gasteiger partial charge in [-0.1, -0.05) is 15.9 Å². The first kappa shape index (κ1) is 12.8. The standard InChI is InChI=1S/C13H18BrFN2/c1-13(2)9-17(7-3-6-16-13)12-5-4-10(14)8-11(12)15/h4-5,8,16H,3,6-7,9H2,1-2H3. The molecule has 0 aromatic heterocycles. The van der Waals surface area contributed by atoms with Crippen LogP contribution < -0.4 is 10.2 Å². The normalized spacial score (nSPS) is 20.1. The Kier molecular flexibility index (Phi) is 3.73. The van der Waals surface area contributed by atoms with Crippen LogP contribution in [0.1, 0.15) is 20.3 Å². The molecule has 0 bridgehead atoms. The van der Waals surface area contributed by atoms with Gasteiger partial charge in [0.15, 0.2) is 0 Å². The van der Waals surface area contributed by atoms with Gasteiger partial charge in [0.25, 0.3) is 0 Å². The van der Waals surface area contributed by atoms with Crippen LogP contribution in [-0.2, 0) is 0 Å². The van der Waals surface area contributed by atoms with Crippen molar-refractivity contribution in [3.63, 3.8) is 0 Å². The summed E-state index contributed by atoms with van der Waals surface area (Å²) in [4.78, 5) is 2.13. The van der Waals surface area contributed by atoms with Crippen molar-refractivity contribution in [3.05, 3.63) is 28.5 Å². The maximum Gasteiger partial charge on any atom is 0.147 e. The van der Waals surface area contributed by atoms with Gasteiger partial charge in [-0.3, -0.25) is 0 Å². The molecular formula is C13H18BrFN2. The van der Waals surface area contributed by atoms with E-state index < -0.39 is 0 Å². The molecule has 1 heterocycles. The average molecular weight is 301 g/mol. The Bertz CT molecular complexity index is 406. The topological polar surface area (TPSA) is 15.3 Å². The van der Waals surface area contributed by atoms with Gasteiger partial charge in [-0.25, -0.2) is 4.39 Å². The lowest BCUT2D eigenvalue weighted by atomic mass is 10.1. The van der Waals surface area contributed by atoms with Gasteiger partial charge in [-0.05, 0) is 45.0 Å². The zero-order valence-electron chi connectivity index (χ0n) is 10.3. The lowest BCUT2D eigenvalue weighted by Gasteiger charge is -2.31. The second-order valence-corrected chi connectivity index (χ2v) is 6.10. The number of hydrogen-bond donors (Lipinski definition) is 1. The van der Waals surface area contributed by atoms with Crippen molar-refractivity contribution in [2.24, 2.45) is 0 Å². The van der Waals surface area contributed by atoms with Crippen molar-refractivity contribution in [1.82, 2.24) is 5.32 Å². The summed E-state index contributed by atoms with van der Waals surface area (Å²) in [7, 11) is 0. The van der Waals surface area contributed by atoms with E-state index >= 15 is 0 Å². The van der Waals surface area contributed by atoms with Crippen molar-refractivity contribution in [1.29, 1.82) is 0 Å². The van der Waals surface area contributed by atoms with E-state index in [1.807, 2.05) is 12.1 Å². The molecular weight excluding hydrogens is 283 g/mol. The van der Waals surface area contributed by atoms with E-state index in [-0.39, 0.29) is 11.4 Å². The molecule has 0 aliphatic carbocycles. The third-order valence-electron chi connectivity index (χ3n) is 3.04. The van der Waals surface area contributed by atoms with E-state index in [4.69, 9.17) is 0 Å². The van der Waals surface area contributed by atoms with Crippen molar-refractivity contribution in [3.8, 4) is 0 Å². The van der Waals surface area contributed by atoms with Crippen molar-refractivity contribution >= 4 is 21.6 Å². The molecule has 1 aliphatic heterocycles. The Hall–Kier alpha value is -0.610. The minimum absolute atomic E-state index is 0.0238. The maximum absolute atomic E-state index is 13.9. The second-order valence-electron chi connectivity index (χ2n) is 5.18. The van der Waals surface area contributed by atoms with Gasteiger partial charge in [0.1, 0.15) is 5.82 Å². The van der Waals surface area contributed by atoms with Gasteiger partial charge in [-0.2, -0.15) is 0 Å². The molecule has 4 heteroatoms. The molecule has 0 spiro atoms. The zero-order valence-corrected chi connectivity index (χ0v) is 11.8. The van der Waals surface area contributed by atoms with Crippen LogP contribution in [0.4, 0.5) is 10.1 Å². The Morgan fingerprint density at radius 3 is 2.88 bits per heavy atom. The monoisotopic (exact) mass is 300 g/mol. The molecule has 1 fully saturated rings. The SMILES string of the molecule is CC1(C)CN(c2ccc(Br)cc2F)CCCN1. The highest BCUT2D eigenvalue weighted by Crippen LogP contribution is 2.25. The summed E-state index contributed by atoms with van der Waals surface area (Å²) in [5, 5.41) is 3.48. The van der Waals surface area contributed by atoms with Gasteiger partial charge < -0.3 is 10.2 Å². The highest BCUT2D eigenvalue weighted by atomic mass is 79.9. The molecule has 0 radical (unpaired) electrons. The van der Waals surface area contributed by atoms with Crippen LogP contribution in [0.5, 0.6) is 0 Å². The molecule has 1 saturated heterocycles. The first-order valence-corrected chi connectivity index (χ1v) is 6.72. The molecule has 1 aromatic carbocycles. The fraction of sp³-hybridized carbons (Fsp3) is 0.538. The second kappa shape index (κ2) is 4.94. The maximum atomic E-state index is 13.9. The van der Waals surface area contributed by atoms with Crippen LogP contribution in [0, 0.1) is 5.82 Å². The van der Waals surface area contributed by atoms with Crippen LogP contribution in [0.15, 0.2) is 22.7 Å². The van der Waals surface area contributed by atoms with E-state index in [2.05, 4.69) is 40.0 Å². The Morgan fingerprint density at radius 1 is 1.41 bits per heavy atom. The molecule has 17 heavy (non-hydrogen) atoms. The molecule has 0 saturated carbocycles. The lowest BCUT2D eigenvalue weighted by Crippen LogP contribution is -2.46. The summed E-state index contributed by atoms with van der Waals surface area (Å²) in [6.07, 6.45) is 1.04. The number of halogens is 2. The predicted molar refractivity (Wildman–Crippen MR) is 73.0 cm³/mol. The Morgan fingerprint density at radius 2 is 2.18 bits per heavy atom. The van der Waals surface area contributed by atoms with E-state index in [0.717, 1.165) is 30.5 Å². The highest BCUT2D eigenvalue weighted by Gasteiger charge is 2.25. The summed E-state index contributed by atoms with van der Waals surface area (Å²) in [6, 6.07) is 5.27. The number of benzene rings is 1. The highest BCUT2D eigenvalue weighted by molar-refractivity contribution is 9.10. The summed E-state index contributed by atoms with van der Waals surface area (Å²) >= 11 is 3.29. The molecule has 0 amide bonds. The number of rotatable bonds is 1. The molecule has 1 aromatic rings. The van der Waals surface area contributed by atoms with Crippen molar-refractivity contribution in [2.75, 3.05) is 24.5 Å².